The summed E-state index contributed by atoms with van der Waals surface area (Å²) in [5.74, 6) is 0. The molecule has 0 radical (unpaired) electrons. The predicted octanol–water partition coefficient (Wildman–Crippen LogP) is 0.952. The molecule has 0 saturated heterocycles. The van der Waals surface area contributed by atoms with Crippen LogP contribution in [0.2, 0.25) is 0 Å². The first-order valence-electron chi connectivity index (χ1n) is 5.32. The second kappa shape index (κ2) is 6.37. The summed E-state index contributed by atoms with van der Waals surface area (Å²) >= 11 is 0. The predicted molar refractivity (Wildman–Crippen MR) is 55.3 cm³/mol. The van der Waals surface area contributed by atoms with E-state index in [9.17, 15) is 19.2 Å². The van der Waals surface area contributed by atoms with Crippen LogP contribution in [0.3, 0.4) is 0 Å². The molecule has 0 aliphatic heterocycles. The third kappa shape index (κ3) is 3.73. The summed E-state index contributed by atoms with van der Waals surface area (Å²) in [6, 6.07) is -0.742. The molecule has 0 atom stereocenters. The lowest BCUT2D eigenvalue weighted by Gasteiger charge is -2.27. The van der Waals surface area contributed by atoms with Crippen LogP contribution in [0, 0.1) is 4.91 Å². The Morgan fingerprint density at radius 1 is 1.44 bits per heavy atom. The van der Waals surface area contributed by atoms with Crippen molar-refractivity contribution in [3.8, 4) is 0 Å². The van der Waals surface area contributed by atoms with E-state index in [4.69, 9.17) is 0 Å². The highest BCUT2D eigenvalue weighted by molar-refractivity contribution is 5.74. The molecule has 1 fully saturated rings. The smallest absolute Gasteiger partial charge is 0.340 e. The highest BCUT2D eigenvalue weighted by Gasteiger charge is 2.23. The molecule has 1 saturated carbocycles. The zero-order chi connectivity index (χ0) is 12.0. The largest absolute Gasteiger partial charge is 0.393 e. The van der Waals surface area contributed by atoms with Crippen molar-refractivity contribution < 1.29 is 14.3 Å². The van der Waals surface area contributed by atoms with Gasteiger partial charge in [0.2, 0.25) is 0 Å². The fraction of sp³-hybridized carbons (Fsp3) is 0.889. The Bertz CT molecular complexity index is 244. The third-order valence-corrected chi connectivity index (χ3v) is 2.65. The number of urea groups is 1. The fourth-order valence-electron chi connectivity index (χ4n) is 1.73. The maximum atomic E-state index is 12.0. The summed E-state index contributed by atoms with van der Waals surface area (Å²) in [5, 5.41) is 14.8. The van der Waals surface area contributed by atoms with Gasteiger partial charge in [0.25, 0.3) is 0 Å². The summed E-state index contributed by atoms with van der Waals surface area (Å²) < 4.78 is 12.0. The van der Waals surface area contributed by atoms with Crippen molar-refractivity contribution in [2.75, 3.05) is 13.2 Å². The lowest BCUT2D eigenvalue weighted by atomic mass is 9.93. The lowest BCUT2D eigenvalue weighted by molar-refractivity contribution is 0.115. The number of nitrogens with zero attached hydrogens (tertiary/aromatic N) is 2. The van der Waals surface area contributed by atoms with Crippen molar-refractivity contribution >= 4 is 6.03 Å². The van der Waals surface area contributed by atoms with Crippen molar-refractivity contribution in [1.82, 2.24) is 10.3 Å². The van der Waals surface area contributed by atoms with Crippen LogP contribution in [0.5, 0.6) is 0 Å². The standard InChI is InChI=1S/C9H16FN3O3/c10-5-6-13(12-16)9(15)11-7-1-3-8(14)4-2-7/h7-8,14H,1-6H2,(H,11,15). The van der Waals surface area contributed by atoms with Crippen LogP contribution in [0.25, 0.3) is 0 Å². The van der Waals surface area contributed by atoms with Crippen LogP contribution >= 0.6 is 0 Å². The van der Waals surface area contributed by atoms with Crippen LogP contribution in [0.4, 0.5) is 9.18 Å². The van der Waals surface area contributed by atoms with Crippen LogP contribution in [0.1, 0.15) is 25.7 Å². The number of aliphatic hydroxyl groups is 1. The van der Waals surface area contributed by atoms with Crippen LogP contribution in [-0.2, 0) is 0 Å². The number of carbonyl (C=O) groups is 1. The molecule has 92 valence electrons. The van der Waals surface area contributed by atoms with Gasteiger partial charge in [-0.15, -0.1) is 4.91 Å². The molecule has 0 unspecified atom stereocenters. The number of rotatable bonds is 4. The molecule has 2 amide bonds. The van der Waals surface area contributed by atoms with Crippen molar-refractivity contribution in [3.05, 3.63) is 4.91 Å². The quantitative estimate of drug-likeness (QED) is 0.560. The van der Waals surface area contributed by atoms with Gasteiger partial charge in [0, 0.05) is 6.04 Å². The summed E-state index contributed by atoms with van der Waals surface area (Å²) in [5.41, 5.74) is 0. The lowest BCUT2D eigenvalue weighted by Crippen LogP contribution is -2.44. The normalized spacial score (nSPS) is 24.9. The van der Waals surface area contributed by atoms with E-state index < -0.39 is 12.7 Å². The number of halogens is 1. The maximum absolute atomic E-state index is 12.0. The Hall–Kier alpha value is -1.24. The van der Waals surface area contributed by atoms with E-state index in [1.54, 1.807) is 0 Å². The van der Waals surface area contributed by atoms with Crippen LogP contribution in [-0.4, -0.2) is 41.5 Å². The Balaban J connectivity index is 2.35. The van der Waals surface area contributed by atoms with Crippen molar-refractivity contribution in [2.24, 2.45) is 5.29 Å². The van der Waals surface area contributed by atoms with Gasteiger partial charge >= 0.3 is 6.03 Å². The van der Waals surface area contributed by atoms with E-state index in [1.807, 2.05) is 0 Å². The SMILES string of the molecule is O=NN(CCF)C(=O)NC1CCC(O)CC1. The molecule has 1 rings (SSSR count). The van der Waals surface area contributed by atoms with E-state index in [-0.39, 0.29) is 18.7 Å². The average Bonchev–Trinajstić information content (AvgIpc) is 2.29. The summed E-state index contributed by atoms with van der Waals surface area (Å²) in [7, 11) is 0. The number of amides is 2. The molecule has 0 spiro atoms. The average molecular weight is 233 g/mol. The molecule has 1 aliphatic carbocycles. The number of hydrogen-bond donors (Lipinski definition) is 2. The van der Waals surface area contributed by atoms with Crippen LogP contribution in [0.15, 0.2) is 5.29 Å². The summed E-state index contributed by atoms with van der Waals surface area (Å²) in [6.07, 6.45) is 2.27. The number of alkyl halides is 1. The molecule has 0 heterocycles. The van der Waals surface area contributed by atoms with Gasteiger partial charge in [0.15, 0.2) is 0 Å². The van der Waals surface area contributed by atoms with E-state index in [1.165, 1.54) is 0 Å². The highest BCUT2D eigenvalue weighted by Crippen LogP contribution is 2.18. The van der Waals surface area contributed by atoms with E-state index in [0.29, 0.717) is 30.7 Å². The van der Waals surface area contributed by atoms with E-state index in [2.05, 4.69) is 10.6 Å². The Morgan fingerprint density at radius 2 is 2.06 bits per heavy atom. The minimum Gasteiger partial charge on any atom is -0.393 e. The van der Waals surface area contributed by atoms with Gasteiger partial charge in [0.05, 0.1) is 17.9 Å². The monoisotopic (exact) mass is 233 g/mol. The second-order valence-electron chi connectivity index (χ2n) is 3.85. The zero-order valence-electron chi connectivity index (χ0n) is 8.93. The first kappa shape index (κ1) is 12.8. The molecule has 16 heavy (non-hydrogen) atoms. The number of aliphatic hydroxyl groups excluding tert-OH is 1. The molecular formula is C9H16FN3O3. The van der Waals surface area contributed by atoms with Crippen molar-refractivity contribution in [3.63, 3.8) is 0 Å². The molecule has 0 aromatic carbocycles. The van der Waals surface area contributed by atoms with Crippen molar-refractivity contribution in [1.29, 1.82) is 0 Å². The zero-order valence-corrected chi connectivity index (χ0v) is 8.93. The van der Waals surface area contributed by atoms with Gasteiger partial charge in [-0.2, -0.15) is 5.01 Å². The highest BCUT2D eigenvalue weighted by atomic mass is 19.1. The molecule has 7 heteroatoms. The van der Waals surface area contributed by atoms with Gasteiger partial charge in [-0.3, -0.25) is 0 Å². The minimum atomic E-state index is -0.803. The number of hydrogen-bond acceptors (Lipinski definition) is 4. The van der Waals surface area contributed by atoms with Gasteiger partial charge in [-0.05, 0) is 25.7 Å². The first-order valence-corrected chi connectivity index (χ1v) is 5.32. The molecule has 0 bridgehead atoms. The first-order chi connectivity index (χ1) is 7.67. The number of nitroso groups, excluding NO2 is 1. The van der Waals surface area contributed by atoms with Gasteiger partial charge < -0.3 is 10.4 Å². The molecule has 2 N–H and O–H groups in total. The molecule has 0 aromatic heterocycles. The molecule has 6 nitrogen and oxygen atoms in total. The summed E-state index contributed by atoms with van der Waals surface area (Å²) in [6.45, 7) is -1.13. The van der Waals surface area contributed by atoms with Crippen LogP contribution < -0.4 is 5.32 Å². The minimum absolute atomic E-state index is 0.0697. The topological polar surface area (TPSA) is 82.0 Å². The maximum Gasteiger partial charge on any atom is 0.340 e. The number of nitrogens with one attached hydrogen (secondary N) is 1. The van der Waals surface area contributed by atoms with Gasteiger partial charge in [-0.1, -0.05) is 0 Å². The van der Waals surface area contributed by atoms with Gasteiger partial charge in [0.1, 0.15) is 6.67 Å². The van der Waals surface area contributed by atoms with E-state index >= 15 is 0 Å². The Morgan fingerprint density at radius 3 is 2.56 bits per heavy atom. The molecular weight excluding hydrogens is 217 g/mol. The third-order valence-electron chi connectivity index (χ3n) is 2.65. The van der Waals surface area contributed by atoms with Gasteiger partial charge in [-0.25, -0.2) is 9.18 Å². The fourth-order valence-corrected chi connectivity index (χ4v) is 1.73. The van der Waals surface area contributed by atoms with Crippen molar-refractivity contribution in [2.45, 2.75) is 37.8 Å². The van der Waals surface area contributed by atoms with E-state index in [0.717, 1.165) is 0 Å². The Labute approximate surface area is 92.7 Å². The summed E-state index contributed by atoms with van der Waals surface area (Å²) in [4.78, 5) is 21.6. The molecule has 1 aliphatic rings. The molecule has 0 aromatic rings. The Kier molecular flexibility index (Phi) is 5.10. The number of carbonyl (C=O) groups excluding carboxylic acids is 1. The second-order valence-corrected chi connectivity index (χ2v) is 3.85.